The predicted octanol–water partition coefficient (Wildman–Crippen LogP) is 3.77. The number of ether oxygens (including phenoxy) is 2. The highest BCUT2D eigenvalue weighted by Crippen LogP contribution is 2.09. The Balaban J connectivity index is 2.64. The van der Waals surface area contributed by atoms with E-state index in [4.69, 9.17) is 9.47 Å². The monoisotopic (exact) mass is 290 g/mol. The van der Waals surface area contributed by atoms with Gasteiger partial charge in [0.05, 0.1) is 17.7 Å². The lowest BCUT2D eigenvalue weighted by atomic mass is 10.1. The zero-order valence-corrected chi connectivity index (χ0v) is 12.8. The normalized spacial score (nSPS) is 9.86. The van der Waals surface area contributed by atoms with Crippen LogP contribution in [-0.4, -0.2) is 25.2 Å². The molecule has 0 fully saturated rings. The molecule has 114 valence electrons. The van der Waals surface area contributed by atoms with Gasteiger partial charge >= 0.3 is 11.9 Å². The Labute approximate surface area is 125 Å². The summed E-state index contributed by atoms with van der Waals surface area (Å²) in [6.07, 6.45) is 3.61. The Morgan fingerprint density at radius 1 is 1.10 bits per heavy atom. The zero-order valence-electron chi connectivity index (χ0n) is 12.8. The van der Waals surface area contributed by atoms with Crippen molar-refractivity contribution in [2.45, 2.75) is 33.6 Å². The van der Waals surface area contributed by atoms with Gasteiger partial charge in [-0.15, -0.1) is 0 Å². The van der Waals surface area contributed by atoms with E-state index in [1.165, 1.54) is 6.07 Å². The minimum absolute atomic E-state index is 0.229. The zero-order chi connectivity index (χ0) is 15.7. The van der Waals surface area contributed by atoms with Gasteiger partial charge in [0.15, 0.2) is 0 Å². The molecule has 1 aromatic carbocycles. The molecule has 0 saturated heterocycles. The van der Waals surface area contributed by atoms with Crippen molar-refractivity contribution in [3.63, 3.8) is 0 Å². The average Bonchev–Trinajstić information content (AvgIpc) is 2.47. The largest absolute Gasteiger partial charge is 0.462 e. The number of benzene rings is 1. The van der Waals surface area contributed by atoms with Crippen molar-refractivity contribution in [3.8, 4) is 0 Å². The highest BCUT2D eigenvalue weighted by Gasteiger charge is 2.12. The third-order valence-corrected chi connectivity index (χ3v) is 2.77. The first-order valence-corrected chi connectivity index (χ1v) is 7.12. The number of allylic oxidation sites excluding steroid dienone is 1. The van der Waals surface area contributed by atoms with Gasteiger partial charge in [-0.1, -0.05) is 25.0 Å². The number of esters is 2. The second-order valence-corrected chi connectivity index (χ2v) is 4.95. The van der Waals surface area contributed by atoms with Crippen LogP contribution in [0.4, 0.5) is 0 Å². The molecule has 0 atom stereocenters. The molecule has 0 amide bonds. The maximum Gasteiger partial charge on any atom is 0.338 e. The summed E-state index contributed by atoms with van der Waals surface area (Å²) >= 11 is 0. The summed E-state index contributed by atoms with van der Waals surface area (Å²) in [5.74, 6) is -0.863. The maximum atomic E-state index is 11.9. The average molecular weight is 290 g/mol. The number of hydrogen-bond donors (Lipinski definition) is 0. The van der Waals surface area contributed by atoms with Gasteiger partial charge in [0.2, 0.25) is 0 Å². The molecule has 4 heteroatoms. The van der Waals surface area contributed by atoms with Crippen molar-refractivity contribution in [1.82, 2.24) is 0 Å². The Morgan fingerprint density at radius 2 is 1.71 bits per heavy atom. The standard InChI is InChI=1S/C17H22O4/c1-4-5-10-20-16(18)14-7-6-8-15(12-14)17(19)21-11-9-13(2)3/h6-9,12H,4-5,10-11H2,1-3H3. The first-order valence-electron chi connectivity index (χ1n) is 7.12. The van der Waals surface area contributed by atoms with E-state index in [-0.39, 0.29) is 6.61 Å². The quantitative estimate of drug-likeness (QED) is 0.436. The van der Waals surface area contributed by atoms with E-state index < -0.39 is 11.9 Å². The predicted molar refractivity (Wildman–Crippen MR) is 81.3 cm³/mol. The molecule has 0 bridgehead atoms. The molecule has 0 aliphatic heterocycles. The summed E-state index contributed by atoms with van der Waals surface area (Å²) in [5.41, 5.74) is 1.79. The molecule has 0 unspecified atom stereocenters. The van der Waals surface area contributed by atoms with Crippen LogP contribution in [0.25, 0.3) is 0 Å². The van der Waals surface area contributed by atoms with Crippen molar-refractivity contribution in [2.75, 3.05) is 13.2 Å². The molecule has 0 spiro atoms. The number of rotatable bonds is 7. The minimum atomic E-state index is -0.448. The van der Waals surface area contributed by atoms with Crippen LogP contribution in [0.3, 0.4) is 0 Å². The minimum Gasteiger partial charge on any atom is -0.462 e. The van der Waals surface area contributed by atoms with E-state index >= 15 is 0 Å². The first-order chi connectivity index (χ1) is 10.0. The van der Waals surface area contributed by atoms with Gasteiger partial charge in [0.25, 0.3) is 0 Å². The summed E-state index contributed by atoms with van der Waals surface area (Å²) in [6.45, 7) is 6.51. The van der Waals surface area contributed by atoms with E-state index in [2.05, 4.69) is 0 Å². The van der Waals surface area contributed by atoms with Crippen LogP contribution in [-0.2, 0) is 9.47 Å². The Bertz CT molecular complexity index is 513. The summed E-state index contributed by atoms with van der Waals surface area (Å²) in [5, 5.41) is 0. The van der Waals surface area contributed by atoms with E-state index in [9.17, 15) is 9.59 Å². The molecule has 0 aliphatic carbocycles. The Morgan fingerprint density at radius 3 is 2.29 bits per heavy atom. The molecule has 1 aromatic rings. The second kappa shape index (κ2) is 8.95. The van der Waals surface area contributed by atoms with Crippen LogP contribution in [0.15, 0.2) is 35.9 Å². The van der Waals surface area contributed by atoms with Gasteiger partial charge in [-0.25, -0.2) is 9.59 Å². The molecule has 4 nitrogen and oxygen atoms in total. The summed E-state index contributed by atoms with van der Waals surface area (Å²) in [7, 11) is 0. The summed E-state index contributed by atoms with van der Waals surface area (Å²) in [4.78, 5) is 23.7. The number of carbonyl (C=O) groups is 2. The Hall–Kier alpha value is -2.10. The molecule has 0 aromatic heterocycles. The van der Waals surface area contributed by atoms with Crippen LogP contribution >= 0.6 is 0 Å². The first kappa shape index (κ1) is 17.0. The third kappa shape index (κ3) is 6.25. The van der Waals surface area contributed by atoms with E-state index in [0.717, 1.165) is 18.4 Å². The second-order valence-electron chi connectivity index (χ2n) is 4.95. The highest BCUT2D eigenvalue weighted by atomic mass is 16.5. The summed E-state index contributed by atoms with van der Waals surface area (Å²) < 4.78 is 10.2. The lowest BCUT2D eigenvalue weighted by Gasteiger charge is -2.06. The number of carbonyl (C=O) groups excluding carboxylic acids is 2. The van der Waals surface area contributed by atoms with Gasteiger partial charge in [0, 0.05) is 0 Å². The fourth-order valence-corrected chi connectivity index (χ4v) is 1.53. The van der Waals surface area contributed by atoms with Crippen LogP contribution in [0.2, 0.25) is 0 Å². The molecule has 0 heterocycles. The van der Waals surface area contributed by atoms with E-state index in [0.29, 0.717) is 17.7 Å². The van der Waals surface area contributed by atoms with Crippen LogP contribution in [0.1, 0.15) is 54.3 Å². The van der Waals surface area contributed by atoms with Crippen molar-refractivity contribution < 1.29 is 19.1 Å². The van der Waals surface area contributed by atoms with Crippen molar-refractivity contribution in [3.05, 3.63) is 47.0 Å². The van der Waals surface area contributed by atoms with Gasteiger partial charge < -0.3 is 9.47 Å². The topological polar surface area (TPSA) is 52.6 Å². The molecule has 21 heavy (non-hydrogen) atoms. The fraction of sp³-hybridized carbons (Fsp3) is 0.412. The molecule has 0 N–H and O–H groups in total. The summed E-state index contributed by atoms with van der Waals surface area (Å²) in [6, 6.07) is 6.39. The van der Waals surface area contributed by atoms with E-state index in [1.54, 1.807) is 18.2 Å². The molecule has 0 radical (unpaired) electrons. The Kier molecular flexibility index (Phi) is 7.23. The van der Waals surface area contributed by atoms with Gasteiger partial charge in [-0.05, 0) is 44.5 Å². The number of hydrogen-bond acceptors (Lipinski definition) is 4. The van der Waals surface area contributed by atoms with Gasteiger partial charge in [0.1, 0.15) is 6.61 Å². The van der Waals surface area contributed by atoms with Crippen LogP contribution in [0, 0.1) is 0 Å². The van der Waals surface area contributed by atoms with E-state index in [1.807, 2.05) is 26.8 Å². The molecular formula is C17H22O4. The molecular weight excluding hydrogens is 268 g/mol. The van der Waals surface area contributed by atoms with Crippen LogP contribution in [0.5, 0.6) is 0 Å². The SMILES string of the molecule is CCCCOC(=O)c1cccc(C(=O)OCC=C(C)C)c1. The van der Waals surface area contributed by atoms with Crippen molar-refractivity contribution in [2.24, 2.45) is 0 Å². The molecule has 0 aliphatic rings. The fourth-order valence-electron chi connectivity index (χ4n) is 1.53. The molecule has 0 saturated carbocycles. The number of unbranched alkanes of at least 4 members (excludes halogenated alkanes) is 1. The van der Waals surface area contributed by atoms with Crippen molar-refractivity contribution >= 4 is 11.9 Å². The molecule has 1 rings (SSSR count). The lowest BCUT2D eigenvalue weighted by Crippen LogP contribution is -2.09. The van der Waals surface area contributed by atoms with Crippen LogP contribution < -0.4 is 0 Å². The third-order valence-electron chi connectivity index (χ3n) is 2.77. The smallest absolute Gasteiger partial charge is 0.338 e. The maximum absolute atomic E-state index is 11.9. The highest BCUT2D eigenvalue weighted by molar-refractivity contribution is 5.95. The van der Waals surface area contributed by atoms with Gasteiger partial charge in [-0.2, -0.15) is 0 Å². The lowest BCUT2D eigenvalue weighted by molar-refractivity contribution is 0.0499. The van der Waals surface area contributed by atoms with Crippen molar-refractivity contribution in [1.29, 1.82) is 0 Å². The van der Waals surface area contributed by atoms with Gasteiger partial charge in [-0.3, -0.25) is 0 Å².